The molecule has 0 radical (unpaired) electrons. The zero-order valence-corrected chi connectivity index (χ0v) is 23.9. The Kier molecular flexibility index (Phi) is 6.94. The maximum atomic E-state index is 14.5. The number of carbonyl (C=O) groups excluding carboxylic acids is 2. The smallest absolute Gasteiger partial charge is 0.407 e. The Bertz CT molecular complexity index is 953. The largest absolute Gasteiger partial charge is 0.443 e. The first-order valence-corrected chi connectivity index (χ1v) is 13.5. The number of carbonyl (C=O) groups is 2. The van der Waals surface area contributed by atoms with E-state index < -0.39 is 58.3 Å². The van der Waals surface area contributed by atoms with Gasteiger partial charge >= 0.3 is 6.09 Å². The monoisotopic (exact) mass is 522 g/mol. The lowest BCUT2D eigenvalue weighted by Crippen LogP contribution is -2.89. The van der Waals surface area contributed by atoms with Gasteiger partial charge in [0.15, 0.2) is 11.4 Å². The lowest BCUT2D eigenvalue weighted by Gasteiger charge is -2.74. The van der Waals surface area contributed by atoms with Crippen LogP contribution in [0, 0.1) is 22.7 Å². The maximum Gasteiger partial charge on any atom is 0.407 e. The van der Waals surface area contributed by atoms with Crippen molar-refractivity contribution in [3.05, 3.63) is 12.7 Å². The highest BCUT2D eigenvalue weighted by atomic mass is 16.7. The fourth-order valence-corrected chi connectivity index (χ4v) is 7.88. The molecule has 0 aromatic carbocycles. The summed E-state index contributed by atoms with van der Waals surface area (Å²) in [6, 6.07) is 0. The van der Waals surface area contributed by atoms with Gasteiger partial charge < -0.3 is 29.4 Å². The third-order valence-corrected chi connectivity index (χ3v) is 9.53. The molecule has 2 N–H and O–H groups in total. The van der Waals surface area contributed by atoms with Gasteiger partial charge in [0.25, 0.3) is 0 Å². The summed E-state index contributed by atoms with van der Waals surface area (Å²) >= 11 is 0. The molecule has 2 aliphatic heterocycles. The van der Waals surface area contributed by atoms with Crippen molar-refractivity contribution in [3.8, 4) is 0 Å². The van der Waals surface area contributed by atoms with E-state index in [9.17, 15) is 14.7 Å². The predicted molar refractivity (Wildman–Crippen MR) is 138 cm³/mol. The molecule has 0 aromatic heterocycles. The van der Waals surface area contributed by atoms with E-state index >= 15 is 0 Å². The molecular formula is C28H46N2O7. The number of alkyl carbamates (subject to hydrolysis) is 1. The molecular weight excluding hydrogens is 476 g/mol. The van der Waals surface area contributed by atoms with Crippen LogP contribution in [-0.4, -0.2) is 84.1 Å². The Morgan fingerprint density at radius 2 is 1.92 bits per heavy atom. The van der Waals surface area contributed by atoms with Crippen molar-refractivity contribution in [1.82, 2.24) is 10.2 Å². The molecule has 2 heterocycles. The van der Waals surface area contributed by atoms with Gasteiger partial charge in [-0.05, 0) is 52.1 Å². The molecule has 0 aromatic rings. The molecule has 4 fully saturated rings. The summed E-state index contributed by atoms with van der Waals surface area (Å²) in [5.41, 5.74) is -5.49. The minimum Gasteiger partial charge on any atom is -0.443 e. The SMILES string of the molecule is C=C[C@@]1(C)CC(=O)[C@@]23OC(N(C)C)O[C@H]4CCC(C)(C)[C@H]([C@H](OC(=O)NCC(C)C)[C@H](O)[C@@]2(C)O1)[C@]43C. The zero-order chi connectivity index (χ0) is 27.8. The number of ketones is 1. The zero-order valence-electron chi connectivity index (χ0n) is 23.9. The summed E-state index contributed by atoms with van der Waals surface area (Å²) in [5, 5.41) is 15.0. The second-order valence-electron chi connectivity index (χ2n) is 13.4. The van der Waals surface area contributed by atoms with E-state index in [1.54, 1.807) is 24.8 Å². The van der Waals surface area contributed by atoms with Crippen molar-refractivity contribution in [1.29, 1.82) is 0 Å². The van der Waals surface area contributed by atoms with Crippen molar-refractivity contribution in [2.75, 3.05) is 20.6 Å². The van der Waals surface area contributed by atoms with Gasteiger partial charge in [0.2, 0.25) is 6.41 Å². The maximum absolute atomic E-state index is 14.5. The van der Waals surface area contributed by atoms with E-state index in [1.165, 1.54) is 0 Å². The van der Waals surface area contributed by atoms with Gasteiger partial charge in [-0.1, -0.05) is 40.7 Å². The Labute approximate surface area is 221 Å². The molecule has 9 heteroatoms. The lowest BCUT2D eigenvalue weighted by atomic mass is 9.39. The normalized spacial score (nSPS) is 46.7. The van der Waals surface area contributed by atoms with Crippen LogP contribution < -0.4 is 5.32 Å². The van der Waals surface area contributed by atoms with E-state index in [2.05, 4.69) is 25.7 Å². The quantitative estimate of drug-likeness (QED) is 0.530. The van der Waals surface area contributed by atoms with E-state index in [-0.39, 0.29) is 24.2 Å². The highest BCUT2D eigenvalue weighted by Crippen LogP contribution is 2.70. The third kappa shape index (κ3) is 3.91. The molecule has 1 amide bonds. The molecule has 210 valence electrons. The number of nitrogens with one attached hydrogen (secondary N) is 1. The topological polar surface area (TPSA) is 107 Å². The molecule has 0 bridgehead atoms. The molecule has 9 atom stereocenters. The summed E-state index contributed by atoms with van der Waals surface area (Å²) in [6.45, 7) is 18.0. The van der Waals surface area contributed by atoms with Crippen molar-refractivity contribution in [2.45, 2.75) is 109 Å². The van der Waals surface area contributed by atoms with Crippen molar-refractivity contribution in [2.24, 2.45) is 22.7 Å². The number of Topliss-reactive ketones (excluding diaryl/α,β-unsaturated/α-hetero) is 1. The summed E-state index contributed by atoms with van der Waals surface area (Å²) < 4.78 is 26.0. The first-order valence-electron chi connectivity index (χ1n) is 13.5. The van der Waals surface area contributed by atoms with Crippen LogP contribution in [0.4, 0.5) is 4.79 Å². The van der Waals surface area contributed by atoms with E-state index in [4.69, 9.17) is 18.9 Å². The van der Waals surface area contributed by atoms with Gasteiger partial charge in [0.05, 0.1) is 11.7 Å². The number of aliphatic hydroxyl groups excluding tert-OH is 1. The van der Waals surface area contributed by atoms with Crippen LogP contribution in [-0.2, 0) is 23.7 Å². The van der Waals surface area contributed by atoms with Gasteiger partial charge in [-0.15, -0.1) is 6.58 Å². The molecule has 2 saturated carbocycles. The number of hydrogen-bond donors (Lipinski definition) is 2. The number of amides is 1. The molecule has 4 rings (SSSR count). The fourth-order valence-electron chi connectivity index (χ4n) is 7.88. The summed E-state index contributed by atoms with van der Waals surface area (Å²) in [5.74, 6) is -0.371. The Morgan fingerprint density at radius 3 is 2.49 bits per heavy atom. The average molecular weight is 523 g/mol. The second-order valence-corrected chi connectivity index (χ2v) is 13.4. The highest BCUT2D eigenvalue weighted by Gasteiger charge is 2.84. The lowest BCUT2D eigenvalue weighted by molar-refractivity contribution is -0.456. The number of rotatable bonds is 5. The Hall–Kier alpha value is -1.52. The molecule has 1 unspecified atom stereocenters. The van der Waals surface area contributed by atoms with Gasteiger partial charge in [-0.2, -0.15) is 0 Å². The van der Waals surface area contributed by atoms with Gasteiger partial charge in [0, 0.05) is 24.3 Å². The van der Waals surface area contributed by atoms with Crippen molar-refractivity contribution < 1.29 is 33.6 Å². The number of hydrogen-bond acceptors (Lipinski definition) is 8. The van der Waals surface area contributed by atoms with Crippen molar-refractivity contribution >= 4 is 11.9 Å². The van der Waals surface area contributed by atoms with Gasteiger partial charge in [-0.25, -0.2) is 4.79 Å². The van der Waals surface area contributed by atoms with E-state index in [1.807, 2.05) is 34.9 Å². The summed E-state index contributed by atoms with van der Waals surface area (Å²) in [4.78, 5) is 29.3. The highest BCUT2D eigenvalue weighted by molar-refractivity contribution is 5.93. The first-order chi connectivity index (χ1) is 17.0. The molecule has 4 aliphatic rings. The first kappa shape index (κ1) is 28.5. The molecule has 2 saturated heterocycles. The van der Waals surface area contributed by atoms with Crippen LogP contribution in [0.1, 0.15) is 67.7 Å². The summed E-state index contributed by atoms with van der Waals surface area (Å²) in [7, 11) is 3.66. The van der Waals surface area contributed by atoms with Crippen LogP contribution in [0.15, 0.2) is 12.7 Å². The predicted octanol–water partition coefficient (Wildman–Crippen LogP) is 3.25. The van der Waals surface area contributed by atoms with E-state index in [0.717, 1.165) is 6.42 Å². The summed E-state index contributed by atoms with van der Waals surface area (Å²) in [6.07, 6.45) is -0.996. The van der Waals surface area contributed by atoms with Gasteiger partial charge in [0.1, 0.15) is 17.8 Å². The van der Waals surface area contributed by atoms with Crippen LogP contribution in [0.5, 0.6) is 0 Å². The third-order valence-electron chi connectivity index (χ3n) is 9.53. The number of nitrogens with zero attached hydrogens (tertiary/aromatic N) is 1. The molecule has 2 aliphatic carbocycles. The molecule has 1 spiro atoms. The number of aliphatic hydroxyl groups is 1. The Morgan fingerprint density at radius 1 is 1.27 bits per heavy atom. The van der Waals surface area contributed by atoms with E-state index in [0.29, 0.717) is 13.0 Å². The average Bonchev–Trinajstić information content (AvgIpc) is 2.78. The standard InChI is InChI=1S/C28H46N2O7/c1-11-25(6)14-17(31)28-26(7)18(34-23(36-28)30(9)10)12-13-24(4,5)20(26)19(21(32)27(28,8)37-25)35-22(33)29-15-16(2)3/h11,16,18-21,23,32H,1,12-15H2,2-10H3,(H,29,33)/t18-,19-,20-,21-,23?,25-,26-,27+,28-/m0/s1. The van der Waals surface area contributed by atoms with Crippen LogP contribution in [0.25, 0.3) is 0 Å². The Balaban J connectivity index is 1.93. The fraction of sp³-hybridized carbons (Fsp3) is 0.857. The minimum atomic E-state index is -1.55. The molecule has 9 nitrogen and oxygen atoms in total. The van der Waals surface area contributed by atoms with Crippen LogP contribution in [0.2, 0.25) is 0 Å². The number of ether oxygens (including phenoxy) is 4. The minimum absolute atomic E-state index is 0.0504. The van der Waals surface area contributed by atoms with Gasteiger partial charge in [-0.3, -0.25) is 9.69 Å². The second kappa shape index (κ2) is 9.01. The van der Waals surface area contributed by atoms with Crippen molar-refractivity contribution in [3.63, 3.8) is 0 Å². The van der Waals surface area contributed by atoms with Crippen LogP contribution in [0.3, 0.4) is 0 Å². The van der Waals surface area contributed by atoms with Crippen LogP contribution >= 0.6 is 0 Å². The molecule has 37 heavy (non-hydrogen) atoms.